The average molecular weight is 285 g/mol. The minimum absolute atomic E-state index is 0.338. The van der Waals surface area contributed by atoms with E-state index < -0.39 is 5.54 Å². The van der Waals surface area contributed by atoms with E-state index in [0.29, 0.717) is 5.82 Å². The highest BCUT2D eigenvalue weighted by Crippen LogP contribution is 2.23. The van der Waals surface area contributed by atoms with Gasteiger partial charge >= 0.3 is 6.03 Å². The second-order valence-corrected chi connectivity index (χ2v) is 5.42. The number of hydrogen-bond donors (Lipinski definition) is 3. The van der Waals surface area contributed by atoms with Gasteiger partial charge in [0.1, 0.15) is 0 Å². The zero-order valence-electron chi connectivity index (χ0n) is 12.4. The normalized spacial score (nSPS) is 11.0. The van der Waals surface area contributed by atoms with Crippen LogP contribution in [0.3, 0.4) is 0 Å². The SMILES string of the molecule is C=C(C)c1cccc(C(C)(C)NC(=O)Nc2cn[nH]n2)c1. The number of carbonyl (C=O) groups is 1. The molecule has 110 valence electrons. The van der Waals surface area contributed by atoms with Gasteiger partial charge in [0.25, 0.3) is 0 Å². The second kappa shape index (κ2) is 5.78. The molecule has 0 saturated heterocycles. The van der Waals surface area contributed by atoms with Gasteiger partial charge in [0, 0.05) is 0 Å². The van der Waals surface area contributed by atoms with E-state index in [9.17, 15) is 4.79 Å². The van der Waals surface area contributed by atoms with Gasteiger partial charge in [0.2, 0.25) is 0 Å². The standard InChI is InChI=1S/C15H19N5O/c1-10(2)11-6-5-7-12(8-11)15(3,4)18-14(21)17-13-9-16-20-19-13/h5-9H,1H2,2-4H3,(H3,16,17,18,19,20,21). The lowest BCUT2D eigenvalue weighted by Crippen LogP contribution is -2.43. The van der Waals surface area contributed by atoms with Gasteiger partial charge in [-0.25, -0.2) is 4.79 Å². The molecule has 1 heterocycles. The van der Waals surface area contributed by atoms with Crippen molar-refractivity contribution < 1.29 is 4.79 Å². The molecule has 2 rings (SSSR count). The Hall–Kier alpha value is -2.63. The highest BCUT2D eigenvalue weighted by atomic mass is 16.2. The minimum Gasteiger partial charge on any atom is -0.329 e. The number of anilines is 1. The predicted molar refractivity (Wildman–Crippen MR) is 82.7 cm³/mol. The molecule has 0 unspecified atom stereocenters. The fourth-order valence-electron chi connectivity index (χ4n) is 1.94. The number of aromatic amines is 1. The molecule has 0 atom stereocenters. The predicted octanol–water partition coefficient (Wildman–Crippen LogP) is 2.89. The average Bonchev–Trinajstić information content (AvgIpc) is 2.91. The zero-order chi connectivity index (χ0) is 15.5. The van der Waals surface area contributed by atoms with Crippen LogP contribution in [0.4, 0.5) is 10.6 Å². The molecule has 3 N–H and O–H groups in total. The van der Waals surface area contributed by atoms with Crippen LogP contribution in [0, 0.1) is 0 Å². The van der Waals surface area contributed by atoms with E-state index in [1.807, 2.05) is 45.0 Å². The van der Waals surface area contributed by atoms with Crippen molar-refractivity contribution in [1.82, 2.24) is 20.7 Å². The summed E-state index contributed by atoms with van der Waals surface area (Å²) in [6.07, 6.45) is 1.44. The summed E-state index contributed by atoms with van der Waals surface area (Å²) in [7, 11) is 0. The highest BCUT2D eigenvalue weighted by Gasteiger charge is 2.23. The molecule has 0 fully saturated rings. The molecule has 1 aromatic carbocycles. The largest absolute Gasteiger partial charge is 0.329 e. The summed E-state index contributed by atoms with van der Waals surface area (Å²) in [6.45, 7) is 9.77. The van der Waals surface area contributed by atoms with Gasteiger partial charge < -0.3 is 5.32 Å². The highest BCUT2D eigenvalue weighted by molar-refractivity contribution is 5.88. The Morgan fingerprint density at radius 1 is 1.38 bits per heavy atom. The Labute approximate surface area is 123 Å². The molecular weight excluding hydrogens is 266 g/mol. The van der Waals surface area contributed by atoms with E-state index in [2.05, 4.69) is 32.6 Å². The van der Waals surface area contributed by atoms with Crippen LogP contribution in [0.15, 0.2) is 37.0 Å². The first-order valence-corrected chi connectivity index (χ1v) is 6.60. The third kappa shape index (κ3) is 3.68. The number of nitrogens with zero attached hydrogens (tertiary/aromatic N) is 2. The number of H-pyrrole nitrogens is 1. The van der Waals surface area contributed by atoms with Crippen LogP contribution in [-0.4, -0.2) is 21.4 Å². The van der Waals surface area contributed by atoms with Crippen molar-refractivity contribution in [3.63, 3.8) is 0 Å². The lowest BCUT2D eigenvalue weighted by Gasteiger charge is -2.27. The van der Waals surface area contributed by atoms with Gasteiger partial charge in [-0.05, 0) is 38.0 Å². The fraction of sp³-hybridized carbons (Fsp3) is 0.267. The van der Waals surface area contributed by atoms with Crippen molar-refractivity contribution in [2.45, 2.75) is 26.3 Å². The van der Waals surface area contributed by atoms with Crippen LogP contribution in [0.1, 0.15) is 31.9 Å². The van der Waals surface area contributed by atoms with Gasteiger partial charge in [-0.3, -0.25) is 5.32 Å². The first-order chi connectivity index (χ1) is 9.88. The molecule has 0 saturated carbocycles. The van der Waals surface area contributed by atoms with Crippen molar-refractivity contribution in [3.8, 4) is 0 Å². The lowest BCUT2D eigenvalue weighted by atomic mass is 9.92. The molecule has 2 amide bonds. The van der Waals surface area contributed by atoms with E-state index in [-0.39, 0.29) is 6.03 Å². The summed E-state index contributed by atoms with van der Waals surface area (Å²) < 4.78 is 0. The smallest absolute Gasteiger partial charge is 0.321 e. The maximum Gasteiger partial charge on any atom is 0.321 e. The number of benzene rings is 1. The number of allylic oxidation sites excluding steroid dienone is 1. The first-order valence-electron chi connectivity index (χ1n) is 6.60. The quantitative estimate of drug-likeness (QED) is 0.807. The van der Waals surface area contributed by atoms with E-state index in [0.717, 1.165) is 16.7 Å². The molecule has 2 aromatic rings. The Balaban J connectivity index is 2.12. The molecule has 0 aliphatic rings. The van der Waals surface area contributed by atoms with Crippen LogP contribution in [0.25, 0.3) is 5.57 Å². The maximum atomic E-state index is 12.0. The van der Waals surface area contributed by atoms with Crippen LogP contribution in [-0.2, 0) is 5.54 Å². The van der Waals surface area contributed by atoms with E-state index >= 15 is 0 Å². The first kappa shape index (κ1) is 14.8. The number of carbonyl (C=O) groups excluding carboxylic acids is 1. The molecule has 0 spiro atoms. The third-order valence-electron chi connectivity index (χ3n) is 3.16. The molecule has 21 heavy (non-hydrogen) atoms. The van der Waals surface area contributed by atoms with Crippen LogP contribution < -0.4 is 10.6 Å². The van der Waals surface area contributed by atoms with Crippen LogP contribution >= 0.6 is 0 Å². The van der Waals surface area contributed by atoms with Gasteiger partial charge in [0.15, 0.2) is 5.82 Å². The van der Waals surface area contributed by atoms with Crippen molar-refractivity contribution >= 4 is 17.4 Å². The molecule has 0 aliphatic heterocycles. The third-order valence-corrected chi connectivity index (χ3v) is 3.16. The number of aromatic nitrogens is 3. The number of amides is 2. The molecule has 1 aromatic heterocycles. The van der Waals surface area contributed by atoms with E-state index in [1.165, 1.54) is 6.20 Å². The number of hydrogen-bond acceptors (Lipinski definition) is 3. The van der Waals surface area contributed by atoms with Crippen molar-refractivity contribution in [1.29, 1.82) is 0 Å². The lowest BCUT2D eigenvalue weighted by molar-refractivity contribution is 0.242. The Morgan fingerprint density at radius 2 is 2.14 bits per heavy atom. The van der Waals surface area contributed by atoms with Gasteiger partial charge in [-0.2, -0.15) is 10.3 Å². The molecular formula is C15H19N5O. The fourth-order valence-corrected chi connectivity index (χ4v) is 1.94. The number of rotatable bonds is 4. The molecule has 0 aliphatic carbocycles. The maximum absolute atomic E-state index is 12.0. The van der Waals surface area contributed by atoms with Crippen molar-refractivity contribution in [3.05, 3.63) is 48.2 Å². The van der Waals surface area contributed by atoms with E-state index in [1.54, 1.807) is 0 Å². The Morgan fingerprint density at radius 3 is 2.76 bits per heavy atom. The summed E-state index contributed by atoms with van der Waals surface area (Å²) in [6, 6.07) is 7.62. The molecule has 6 heteroatoms. The molecule has 0 radical (unpaired) electrons. The zero-order valence-corrected chi connectivity index (χ0v) is 12.4. The Bertz CT molecular complexity index is 646. The van der Waals surface area contributed by atoms with Gasteiger partial charge in [-0.15, -0.1) is 5.10 Å². The van der Waals surface area contributed by atoms with Gasteiger partial charge in [-0.1, -0.05) is 30.4 Å². The minimum atomic E-state index is -0.528. The second-order valence-electron chi connectivity index (χ2n) is 5.42. The summed E-state index contributed by atoms with van der Waals surface area (Å²) >= 11 is 0. The molecule has 0 bridgehead atoms. The summed E-state index contributed by atoms with van der Waals surface area (Å²) in [5.74, 6) is 0.374. The van der Waals surface area contributed by atoms with E-state index in [4.69, 9.17) is 0 Å². The molecule has 6 nitrogen and oxygen atoms in total. The Kier molecular flexibility index (Phi) is 4.07. The summed E-state index contributed by atoms with van der Waals surface area (Å²) in [5, 5.41) is 15.4. The topological polar surface area (TPSA) is 82.7 Å². The van der Waals surface area contributed by atoms with Crippen LogP contribution in [0.5, 0.6) is 0 Å². The summed E-state index contributed by atoms with van der Waals surface area (Å²) in [4.78, 5) is 12.0. The van der Waals surface area contributed by atoms with Crippen molar-refractivity contribution in [2.75, 3.05) is 5.32 Å². The van der Waals surface area contributed by atoms with Gasteiger partial charge in [0.05, 0.1) is 11.7 Å². The monoisotopic (exact) mass is 285 g/mol. The van der Waals surface area contributed by atoms with Crippen LogP contribution in [0.2, 0.25) is 0 Å². The summed E-state index contributed by atoms with van der Waals surface area (Å²) in [5.41, 5.74) is 2.51. The number of nitrogens with one attached hydrogen (secondary N) is 3. The van der Waals surface area contributed by atoms with Crippen molar-refractivity contribution in [2.24, 2.45) is 0 Å². The number of urea groups is 1.